The van der Waals surface area contributed by atoms with Crippen LogP contribution < -0.4 is 11.1 Å². The first-order valence-electron chi connectivity index (χ1n) is 6.27. The summed E-state index contributed by atoms with van der Waals surface area (Å²) in [7, 11) is 0. The van der Waals surface area contributed by atoms with Crippen LogP contribution in [0.5, 0.6) is 0 Å². The summed E-state index contributed by atoms with van der Waals surface area (Å²) in [6.45, 7) is 0.638. The van der Waals surface area contributed by atoms with Gasteiger partial charge in [0.2, 0.25) is 0 Å². The Bertz CT molecular complexity index is 802. The van der Waals surface area contributed by atoms with Gasteiger partial charge in [-0.1, -0.05) is 11.3 Å². The fraction of sp³-hybridized carbons (Fsp3) is 0.231. The molecule has 0 atom stereocenters. The number of nitrogens with two attached hydrogens (primary N) is 1. The van der Waals surface area contributed by atoms with Crippen LogP contribution in [-0.4, -0.2) is 10.9 Å². The number of aromatic nitrogens is 1. The number of rotatable bonds is 3. The van der Waals surface area contributed by atoms with Gasteiger partial charge in [-0.05, 0) is 24.1 Å². The van der Waals surface area contributed by atoms with Crippen molar-refractivity contribution in [1.82, 2.24) is 10.3 Å². The highest BCUT2D eigenvalue weighted by atomic mass is 32.1. The molecule has 2 aromatic rings. The van der Waals surface area contributed by atoms with Crippen molar-refractivity contribution in [3.63, 3.8) is 0 Å². The summed E-state index contributed by atoms with van der Waals surface area (Å²) in [6.07, 6.45) is -4.88. The van der Waals surface area contributed by atoms with Gasteiger partial charge < -0.3 is 11.1 Å². The predicted octanol–water partition coefficient (Wildman–Crippen LogP) is 3.40. The van der Waals surface area contributed by atoms with Crippen LogP contribution in [0.2, 0.25) is 0 Å². The third-order valence-electron chi connectivity index (χ3n) is 3.07. The number of nitrogen functional groups attached to an aromatic ring is 1. The molecule has 130 valence electrons. The number of carbonyl (C=O) groups excluding carboxylic acids is 1. The van der Waals surface area contributed by atoms with E-state index in [2.05, 4.69) is 10.3 Å². The Morgan fingerprint density at radius 2 is 1.92 bits per heavy atom. The zero-order chi connectivity index (χ0) is 18.2. The van der Waals surface area contributed by atoms with E-state index in [-0.39, 0.29) is 11.1 Å². The van der Waals surface area contributed by atoms with Gasteiger partial charge in [-0.15, -0.1) is 0 Å². The number of amides is 1. The molecule has 0 saturated carbocycles. The number of nitrogens with zero attached hydrogens (tertiary/aromatic N) is 1. The molecule has 11 heteroatoms. The molecule has 2 rings (SSSR count). The summed E-state index contributed by atoms with van der Waals surface area (Å²) < 4.78 is 78.0. The van der Waals surface area contributed by atoms with Crippen LogP contribution in [0.3, 0.4) is 0 Å². The average Bonchev–Trinajstić information content (AvgIpc) is 2.89. The van der Waals surface area contributed by atoms with Gasteiger partial charge in [0.05, 0.1) is 0 Å². The molecule has 1 amide bonds. The zero-order valence-electron chi connectivity index (χ0n) is 11.9. The average molecular weight is 369 g/mol. The molecule has 0 aliphatic carbocycles. The molecular formula is C13H9F6N3OS. The van der Waals surface area contributed by atoms with Crippen LogP contribution in [0.4, 0.5) is 31.5 Å². The number of hydrogen-bond acceptors (Lipinski definition) is 4. The van der Waals surface area contributed by atoms with Gasteiger partial charge in [-0.2, -0.15) is 13.2 Å². The fourth-order valence-corrected chi connectivity index (χ4v) is 2.63. The van der Waals surface area contributed by atoms with Crippen molar-refractivity contribution in [1.29, 1.82) is 0 Å². The van der Waals surface area contributed by atoms with Crippen molar-refractivity contribution >= 4 is 22.4 Å². The fourth-order valence-electron chi connectivity index (χ4n) is 1.86. The van der Waals surface area contributed by atoms with Crippen LogP contribution in [0, 0.1) is 24.4 Å². The summed E-state index contributed by atoms with van der Waals surface area (Å²) in [4.78, 5) is 14.2. The minimum Gasteiger partial charge on any atom is -0.375 e. The quantitative estimate of drug-likeness (QED) is 0.644. The van der Waals surface area contributed by atoms with Gasteiger partial charge in [0, 0.05) is 6.54 Å². The Morgan fingerprint density at radius 1 is 1.29 bits per heavy atom. The highest BCUT2D eigenvalue weighted by Gasteiger charge is 2.39. The van der Waals surface area contributed by atoms with Gasteiger partial charge in [-0.3, -0.25) is 4.79 Å². The number of halogens is 6. The van der Waals surface area contributed by atoms with Crippen LogP contribution in [0.1, 0.15) is 26.5 Å². The molecule has 0 aliphatic rings. The number of anilines is 1. The van der Waals surface area contributed by atoms with Crippen LogP contribution >= 0.6 is 11.3 Å². The molecule has 4 nitrogen and oxygen atoms in total. The van der Waals surface area contributed by atoms with Gasteiger partial charge in [0.1, 0.15) is 4.88 Å². The molecule has 0 saturated heterocycles. The van der Waals surface area contributed by atoms with Crippen LogP contribution in [0.15, 0.2) is 6.07 Å². The van der Waals surface area contributed by atoms with Gasteiger partial charge in [-0.25, -0.2) is 18.2 Å². The summed E-state index contributed by atoms with van der Waals surface area (Å²) >= 11 is 0.324. The largest absolute Gasteiger partial charge is 0.435 e. The Balaban J connectivity index is 2.24. The third kappa shape index (κ3) is 3.45. The van der Waals surface area contributed by atoms with Crippen molar-refractivity contribution in [2.24, 2.45) is 0 Å². The standard InChI is InChI=1S/C13H9F6N3OS/c1-4-5(2-6(14)8(16)7(4)15)3-21-11(23)9-10(13(17,18)19)22-12(20)24-9/h2H,3H2,1H3,(H2,20,22)(H,21,23). The number of carbonyl (C=O) groups is 1. The van der Waals surface area contributed by atoms with Crippen molar-refractivity contribution in [2.45, 2.75) is 19.6 Å². The maximum atomic E-state index is 13.4. The molecule has 0 bridgehead atoms. The molecule has 0 aliphatic heterocycles. The summed E-state index contributed by atoms with van der Waals surface area (Å²) in [5.74, 6) is -5.74. The molecule has 0 spiro atoms. The second-order valence-electron chi connectivity index (χ2n) is 4.68. The van der Waals surface area contributed by atoms with Crippen molar-refractivity contribution in [3.8, 4) is 0 Å². The molecule has 1 aromatic carbocycles. The number of benzene rings is 1. The van der Waals surface area contributed by atoms with Crippen LogP contribution in [0.25, 0.3) is 0 Å². The maximum absolute atomic E-state index is 13.4. The number of thiazole rings is 1. The Morgan fingerprint density at radius 3 is 2.50 bits per heavy atom. The highest BCUT2D eigenvalue weighted by Crippen LogP contribution is 2.35. The zero-order valence-corrected chi connectivity index (χ0v) is 12.7. The summed E-state index contributed by atoms with van der Waals surface area (Å²) in [6, 6.07) is 0.653. The molecule has 1 heterocycles. The monoisotopic (exact) mass is 369 g/mol. The summed E-state index contributed by atoms with van der Waals surface area (Å²) in [5, 5.41) is 1.62. The molecule has 1 aromatic heterocycles. The van der Waals surface area contributed by atoms with Crippen molar-refractivity contribution < 1.29 is 31.1 Å². The predicted molar refractivity (Wildman–Crippen MR) is 73.8 cm³/mol. The number of hydrogen-bond donors (Lipinski definition) is 2. The SMILES string of the molecule is Cc1c(CNC(=O)c2sc(N)nc2C(F)(F)F)cc(F)c(F)c1F. The van der Waals surface area contributed by atoms with Gasteiger partial charge in [0.25, 0.3) is 5.91 Å². The van der Waals surface area contributed by atoms with Crippen molar-refractivity contribution in [2.75, 3.05) is 5.73 Å². The maximum Gasteiger partial charge on any atom is 0.435 e. The smallest absolute Gasteiger partial charge is 0.375 e. The van der Waals surface area contributed by atoms with E-state index in [1.165, 1.54) is 0 Å². The van der Waals surface area contributed by atoms with E-state index >= 15 is 0 Å². The second kappa shape index (κ2) is 6.30. The normalized spacial score (nSPS) is 11.6. The Labute approximate surface area is 135 Å². The van der Waals surface area contributed by atoms with Crippen LogP contribution in [-0.2, 0) is 12.7 Å². The van der Waals surface area contributed by atoms with E-state index in [1.807, 2.05) is 0 Å². The second-order valence-corrected chi connectivity index (χ2v) is 5.71. The lowest BCUT2D eigenvalue weighted by atomic mass is 10.1. The molecule has 0 fully saturated rings. The lowest BCUT2D eigenvalue weighted by molar-refractivity contribution is -0.141. The Hall–Kier alpha value is -2.30. The molecule has 3 N–H and O–H groups in total. The first kappa shape index (κ1) is 18.0. The number of nitrogens with one attached hydrogen (secondary N) is 1. The first-order chi connectivity index (χ1) is 11.0. The van der Waals surface area contributed by atoms with E-state index in [0.717, 1.165) is 6.92 Å². The first-order valence-corrected chi connectivity index (χ1v) is 7.08. The topological polar surface area (TPSA) is 68.0 Å². The van der Waals surface area contributed by atoms with E-state index in [4.69, 9.17) is 5.73 Å². The van der Waals surface area contributed by atoms with Crippen molar-refractivity contribution in [3.05, 3.63) is 45.2 Å². The Kier molecular flexibility index (Phi) is 4.74. The van der Waals surface area contributed by atoms with E-state index in [0.29, 0.717) is 17.4 Å². The minimum atomic E-state index is -4.88. The lowest BCUT2D eigenvalue weighted by Crippen LogP contribution is -2.25. The number of alkyl halides is 3. The lowest BCUT2D eigenvalue weighted by Gasteiger charge is -2.10. The van der Waals surface area contributed by atoms with E-state index in [1.54, 1.807) is 0 Å². The molecule has 0 radical (unpaired) electrons. The molecule has 0 unspecified atom stereocenters. The van der Waals surface area contributed by atoms with Gasteiger partial charge >= 0.3 is 6.18 Å². The molecular weight excluding hydrogens is 360 g/mol. The summed E-state index contributed by atoms with van der Waals surface area (Å²) in [5.41, 5.74) is 3.35. The minimum absolute atomic E-state index is 0.120. The van der Waals surface area contributed by atoms with Gasteiger partial charge in [0.15, 0.2) is 28.3 Å². The third-order valence-corrected chi connectivity index (χ3v) is 3.96. The molecule has 24 heavy (non-hydrogen) atoms. The highest BCUT2D eigenvalue weighted by molar-refractivity contribution is 7.17. The van der Waals surface area contributed by atoms with E-state index < -0.39 is 51.8 Å². The van der Waals surface area contributed by atoms with E-state index in [9.17, 15) is 31.1 Å².